The molecule has 1 N–H and O–H groups in total. The molecule has 1 saturated carbocycles. The number of nitrogens with zero attached hydrogens (tertiary/aromatic N) is 1. The minimum atomic E-state index is -0.0539. The van der Waals surface area contributed by atoms with E-state index < -0.39 is 0 Å². The summed E-state index contributed by atoms with van der Waals surface area (Å²) in [6.45, 7) is 2.10. The van der Waals surface area contributed by atoms with E-state index >= 15 is 0 Å². The highest BCUT2D eigenvalue weighted by Crippen LogP contribution is 2.34. The smallest absolute Gasteiger partial charge is 0.251 e. The Hall–Kier alpha value is -1.09. The van der Waals surface area contributed by atoms with Crippen LogP contribution in [-0.4, -0.2) is 16.9 Å². The Morgan fingerprint density at radius 1 is 1.65 bits per heavy atom. The van der Waals surface area contributed by atoms with Crippen molar-refractivity contribution in [3.63, 3.8) is 0 Å². The Bertz CT molecular complexity index is 404. The topological polar surface area (TPSA) is 42.0 Å². The lowest BCUT2D eigenvalue weighted by Gasteiger charge is -2.16. The molecule has 2 rings (SSSR count). The standard InChI is InChI=1S/C13H17ClN2O/c1-2-11(7-9-3-4-9)16-13(17)10-5-6-15-12(14)8-10/h5-6,8-9,11H,2-4,7H2,1H3,(H,16,17). The summed E-state index contributed by atoms with van der Waals surface area (Å²) < 4.78 is 0. The highest BCUT2D eigenvalue weighted by molar-refractivity contribution is 6.29. The van der Waals surface area contributed by atoms with Crippen LogP contribution >= 0.6 is 11.6 Å². The molecule has 3 nitrogen and oxygen atoms in total. The lowest BCUT2D eigenvalue weighted by molar-refractivity contribution is 0.0932. The first-order valence-corrected chi connectivity index (χ1v) is 6.49. The van der Waals surface area contributed by atoms with Crippen LogP contribution in [-0.2, 0) is 0 Å². The number of carbonyl (C=O) groups excluding carboxylic acids is 1. The van der Waals surface area contributed by atoms with Crippen molar-refractivity contribution < 1.29 is 4.79 Å². The van der Waals surface area contributed by atoms with E-state index in [4.69, 9.17) is 11.6 Å². The lowest BCUT2D eigenvalue weighted by Crippen LogP contribution is -2.34. The molecule has 1 aliphatic rings. The fourth-order valence-corrected chi connectivity index (χ4v) is 2.07. The zero-order valence-electron chi connectivity index (χ0n) is 9.95. The quantitative estimate of drug-likeness (QED) is 0.819. The number of halogens is 1. The minimum Gasteiger partial charge on any atom is -0.349 e. The van der Waals surface area contributed by atoms with Gasteiger partial charge in [-0.1, -0.05) is 31.4 Å². The predicted molar refractivity (Wildman–Crippen MR) is 68.1 cm³/mol. The fourth-order valence-electron chi connectivity index (χ4n) is 1.90. The number of rotatable bonds is 5. The molecule has 0 saturated heterocycles. The van der Waals surface area contributed by atoms with Crippen LogP contribution in [0.15, 0.2) is 18.3 Å². The van der Waals surface area contributed by atoms with Crippen LogP contribution in [0.5, 0.6) is 0 Å². The third-order valence-corrected chi connectivity index (χ3v) is 3.34. The maximum absolute atomic E-state index is 12.0. The molecule has 4 heteroatoms. The van der Waals surface area contributed by atoms with Crippen molar-refractivity contribution in [2.45, 2.75) is 38.6 Å². The lowest BCUT2D eigenvalue weighted by atomic mass is 10.1. The Morgan fingerprint density at radius 3 is 3.00 bits per heavy atom. The van der Waals surface area contributed by atoms with Crippen LogP contribution in [0.1, 0.15) is 43.0 Å². The summed E-state index contributed by atoms with van der Waals surface area (Å²) in [6, 6.07) is 3.56. The average Bonchev–Trinajstić information content (AvgIpc) is 3.12. The second kappa shape index (κ2) is 5.50. The van der Waals surface area contributed by atoms with Crippen LogP contribution in [0.4, 0.5) is 0 Å². The van der Waals surface area contributed by atoms with Gasteiger partial charge in [-0.15, -0.1) is 0 Å². The van der Waals surface area contributed by atoms with Gasteiger partial charge in [-0.2, -0.15) is 0 Å². The zero-order valence-corrected chi connectivity index (χ0v) is 10.7. The van der Waals surface area contributed by atoms with E-state index in [-0.39, 0.29) is 11.9 Å². The van der Waals surface area contributed by atoms with Gasteiger partial charge < -0.3 is 5.32 Å². The van der Waals surface area contributed by atoms with Gasteiger partial charge in [0.25, 0.3) is 5.91 Å². The average molecular weight is 253 g/mol. The molecule has 1 heterocycles. The summed E-state index contributed by atoms with van der Waals surface area (Å²) in [6.07, 6.45) is 6.25. The number of amides is 1. The van der Waals surface area contributed by atoms with E-state index in [1.165, 1.54) is 12.8 Å². The van der Waals surface area contributed by atoms with Crippen molar-refractivity contribution in [2.24, 2.45) is 5.92 Å². The van der Waals surface area contributed by atoms with Crippen LogP contribution < -0.4 is 5.32 Å². The van der Waals surface area contributed by atoms with Crippen LogP contribution in [0.3, 0.4) is 0 Å². The summed E-state index contributed by atoms with van der Waals surface area (Å²) in [5.74, 6) is 0.767. The Kier molecular flexibility index (Phi) is 4.00. The molecule has 0 bridgehead atoms. The summed E-state index contributed by atoms with van der Waals surface area (Å²) in [7, 11) is 0. The first-order chi connectivity index (χ1) is 8.19. The van der Waals surface area contributed by atoms with Crippen LogP contribution in [0.25, 0.3) is 0 Å². The van der Waals surface area contributed by atoms with Gasteiger partial charge in [0.15, 0.2) is 0 Å². The van der Waals surface area contributed by atoms with Gasteiger partial charge in [0.05, 0.1) is 0 Å². The monoisotopic (exact) mass is 252 g/mol. The molecule has 1 aliphatic carbocycles. The third kappa shape index (κ3) is 3.70. The van der Waals surface area contributed by atoms with E-state index in [0.29, 0.717) is 10.7 Å². The Labute approximate surface area is 107 Å². The largest absolute Gasteiger partial charge is 0.349 e. The van der Waals surface area contributed by atoms with Crippen molar-refractivity contribution in [1.82, 2.24) is 10.3 Å². The first kappa shape index (κ1) is 12.4. The van der Waals surface area contributed by atoms with Crippen molar-refractivity contribution in [3.8, 4) is 0 Å². The van der Waals surface area contributed by atoms with E-state index in [9.17, 15) is 4.79 Å². The highest BCUT2D eigenvalue weighted by Gasteiger charge is 2.25. The second-order valence-electron chi connectivity index (χ2n) is 4.62. The molecule has 0 aromatic carbocycles. The molecule has 0 aliphatic heterocycles. The number of aromatic nitrogens is 1. The fraction of sp³-hybridized carbons (Fsp3) is 0.538. The van der Waals surface area contributed by atoms with Crippen molar-refractivity contribution in [1.29, 1.82) is 0 Å². The minimum absolute atomic E-state index is 0.0539. The molecular formula is C13H17ClN2O. The van der Waals surface area contributed by atoms with Gasteiger partial charge in [-0.3, -0.25) is 4.79 Å². The number of hydrogen-bond donors (Lipinski definition) is 1. The molecule has 1 unspecified atom stereocenters. The van der Waals surface area contributed by atoms with E-state index in [2.05, 4.69) is 17.2 Å². The summed E-state index contributed by atoms with van der Waals surface area (Å²) in [5.41, 5.74) is 0.583. The van der Waals surface area contributed by atoms with Crippen molar-refractivity contribution in [3.05, 3.63) is 29.0 Å². The second-order valence-corrected chi connectivity index (χ2v) is 5.01. The summed E-state index contributed by atoms with van der Waals surface area (Å²) in [5, 5.41) is 3.41. The van der Waals surface area contributed by atoms with Gasteiger partial charge in [0, 0.05) is 17.8 Å². The molecule has 1 amide bonds. The maximum atomic E-state index is 12.0. The van der Waals surface area contributed by atoms with Gasteiger partial charge >= 0.3 is 0 Å². The molecular weight excluding hydrogens is 236 g/mol. The summed E-state index contributed by atoms with van der Waals surface area (Å²) >= 11 is 5.76. The van der Waals surface area contributed by atoms with E-state index in [1.54, 1.807) is 18.3 Å². The predicted octanol–water partition coefficient (Wildman–Crippen LogP) is 3.04. The van der Waals surface area contributed by atoms with Crippen LogP contribution in [0.2, 0.25) is 5.15 Å². The molecule has 1 aromatic rings. The molecule has 1 atom stereocenters. The number of carbonyl (C=O) groups is 1. The molecule has 92 valence electrons. The number of nitrogens with one attached hydrogen (secondary N) is 1. The van der Waals surface area contributed by atoms with Gasteiger partial charge in [-0.25, -0.2) is 4.98 Å². The zero-order chi connectivity index (χ0) is 12.3. The molecule has 1 fully saturated rings. The number of pyridine rings is 1. The van der Waals surface area contributed by atoms with Crippen LogP contribution in [0, 0.1) is 5.92 Å². The first-order valence-electron chi connectivity index (χ1n) is 6.11. The van der Waals surface area contributed by atoms with Gasteiger partial charge in [0.2, 0.25) is 0 Å². The Morgan fingerprint density at radius 2 is 2.41 bits per heavy atom. The molecule has 17 heavy (non-hydrogen) atoms. The third-order valence-electron chi connectivity index (χ3n) is 3.13. The Balaban J connectivity index is 1.94. The highest BCUT2D eigenvalue weighted by atomic mass is 35.5. The van der Waals surface area contributed by atoms with Gasteiger partial charge in [-0.05, 0) is 30.9 Å². The molecule has 1 aromatic heterocycles. The SMILES string of the molecule is CCC(CC1CC1)NC(=O)c1ccnc(Cl)c1. The van der Waals surface area contributed by atoms with E-state index in [1.807, 2.05) is 0 Å². The maximum Gasteiger partial charge on any atom is 0.251 e. The van der Waals surface area contributed by atoms with Gasteiger partial charge in [0.1, 0.15) is 5.15 Å². The van der Waals surface area contributed by atoms with E-state index in [0.717, 1.165) is 18.8 Å². The summed E-state index contributed by atoms with van der Waals surface area (Å²) in [4.78, 5) is 15.8. The number of hydrogen-bond acceptors (Lipinski definition) is 2. The van der Waals surface area contributed by atoms with Crippen molar-refractivity contribution >= 4 is 17.5 Å². The molecule has 0 radical (unpaired) electrons. The van der Waals surface area contributed by atoms with Crippen molar-refractivity contribution in [2.75, 3.05) is 0 Å². The normalized spacial score (nSPS) is 16.6. The molecule has 0 spiro atoms.